The van der Waals surface area contributed by atoms with Crippen LogP contribution < -0.4 is 0 Å². The molecule has 3 heterocycles. The summed E-state index contributed by atoms with van der Waals surface area (Å²) in [4.78, 5) is 12.8. The number of hydrogen-bond donors (Lipinski definition) is 0. The number of nitrogens with zero attached hydrogens (tertiary/aromatic N) is 3. The Kier molecular flexibility index (Phi) is 6.34. The van der Waals surface area contributed by atoms with Crippen molar-refractivity contribution in [2.24, 2.45) is 0 Å². The van der Waals surface area contributed by atoms with Crippen LogP contribution in [-0.2, 0) is 0 Å². The van der Waals surface area contributed by atoms with Crippen LogP contribution in [0.4, 0.5) is 0 Å². The monoisotopic (exact) mass is 387 g/mol. The predicted octanol–water partition coefficient (Wildman–Crippen LogP) is 6.56. The summed E-state index contributed by atoms with van der Waals surface area (Å²) in [5.41, 5.74) is 6.42. The first-order valence-electron chi connectivity index (χ1n) is 9.78. The van der Waals surface area contributed by atoms with Crippen LogP contribution in [0, 0.1) is 0 Å². The van der Waals surface area contributed by atoms with Crippen molar-refractivity contribution in [3.8, 4) is 33.6 Å². The molecule has 0 radical (unpaired) electrons. The van der Waals surface area contributed by atoms with Crippen LogP contribution >= 0.6 is 0 Å². The van der Waals surface area contributed by atoms with Crippen molar-refractivity contribution < 1.29 is 0 Å². The van der Waals surface area contributed by atoms with Crippen LogP contribution in [0.2, 0.25) is 0 Å². The molecule has 0 bridgehead atoms. The summed E-state index contributed by atoms with van der Waals surface area (Å²) in [6.07, 6.45) is 7.18. The molecule has 2 aromatic carbocycles. The van der Waals surface area contributed by atoms with E-state index in [1.807, 2.05) is 79.1 Å². The first-order valence-corrected chi connectivity index (χ1v) is 9.78. The highest BCUT2D eigenvalue weighted by molar-refractivity contribution is 5.72. The molecule has 0 atom stereocenters. The maximum atomic E-state index is 4.51. The summed E-state index contributed by atoms with van der Waals surface area (Å²) in [6, 6.07) is 34.6. The van der Waals surface area contributed by atoms with Crippen LogP contribution in [-0.4, -0.2) is 15.0 Å². The van der Waals surface area contributed by atoms with Gasteiger partial charge in [0.25, 0.3) is 0 Å². The Morgan fingerprint density at radius 2 is 0.800 bits per heavy atom. The smallest absolute Gasteiger partial charge is 0.0892 e. The van der Waals surface area contributed by atoms with Crippen molar-refractivity contribution in [3.05, 3.63) is 128 Å². The summed E-state index contributed by atoms with van der Waals surface area (Å²) >= 11 is 0. The molecule has 0 aliphatic heterocycles. The minimum Gasteiger partial charge on any atom is -0.265 e. The fourth-order valence-electron chi connectivity index (χ4n) is 3.07. The first kappa shape index (κ1) is 19.2. The molecule has 0 N–H and O–H groups in total. The number of rotatable bonds is 3. The number of hydrogen-bond acceptors (Lipinski definition) is 3. The zero-order valence-electron chi connectivity index (χ0n) is 16.5. The molecule has 0 saturated carbocycles. The van der Waals surface area contributed by atoms with Gasteiger partial charge in [-0.1, -0.05) is 66.7 Å². The van der Waals surface area contributed by atoms with Crippen molar-refractivity contribution in [1.29, 1.82) is 0 Å². The Hall–Kier alpha value is -4.11. The maximum Gasteiger partial charge on any atom is 0.0892 e. The van der Waals surface area contributed by atoms with E-state index in [9.17, 15) is 0 Å². The van der Waals surface area contributed by atoms with E-state index in [1.165, 1.54) is 11.1 Å². The Morgan fingerprint density at radius 1 is 0.367 bits per heavy atom. The Labute approximate surface area is 176 Å². The first-order chi connectivity index (χ1) is 14.9. The lowest BCUT2D eigenvalue weighted by Crippen LogP contribution is -1.89. The molecule has 0 saturated heterocycles. The third-order valence-corrected chi connectivity index (χ3v) is 4.56. The maximum absolute atomic E-state index is 4.51. The van der Waals surface area contributed by atoms with Gasteiger partial charge in [-0.3, -0.25) is 15.0 Å². The second kappa shape index (κ2) is 9.89. The minimum absolute atomic E-state index is 0.883. The average Bonchev–Trinajstić information content (AvgIpc) is 2.87. The van der Waals surface area contributed by atoms with E-state index in [2.05, 4.69) is 51.4 Å². The molecule has 0 spiro atoms. The Bertz CT molecular complexity index is 1070. The zero-order valence-corrected chi connectivity index (χ0v) is 16.5. The van der Waals surface area contributed by atoms with Crippen molar-refractivity contribution in [1.82, 2.24) is 15.0 Å². The fraction of sp³-hybridized carbons (Fsp3) is 0. The van der Waals surface area contributed by atoms with Gasteiger partial charge in [0.05, 0.1) is 11.4 Å². The molecule has 3 heteroatoms. The molecular weight excluding hydrogens is 366 g/mol. The normalized spacial score (nSPS) is 10.0. The fourth-order valence-corrected chi connectivity index (χ4v) is 3.07. The standard InChI is InChI=1S/C22H16N2.C5H5N/c1-3-7-17(8-4-1)19-11-13-23-21(15-19)22-16-20(12-14-24-22)18-9-5-2-6-10-18;1-2-4-6-5-3-1/h1-16H;1-5H. The SMILES string of the molecule is c1ccc(-c2ccnc(-c3cc(-c4ccccc4)ccn3)c2)cc1.c1ccncc1. The van der Waals surface area contributed by atoms with Crippen LogP contribution in [0.25, 0.3) is 33.6 Å². The summed E-state index contributed by atoms with van der Waals surface area (Å²) < 4.78 is 0. The van der Waals surface area contributed by atoms with Crippen LogP contribution in [0.1, 0.15) is 0 Å². The second-order valence-electron chi connectivity index (χ2n) is 6.62. The van der Waals surface area contributed by atoms with Gasteiger partial charge in [0, 0.05) is 24.8 Å². The largest absolute Gasteiger partial charge is 0.265 e. The van der Waals surface area contributed by atoms with Crippen molar-refractivity contribution in [3.63, 3.8) is 0 Å². The third-order valence-electron chi connectivity index (χ3n) is 4.56. The van der Waals surface area contributed by atoms with E-state index in [1.54, 1.807) is 12.4 Å². The highest BCUT2D eigenvalue weighted by atomic mass is 14.8. The van der Waals surface area contributed by atoms with Gasteiger partial charge < -0.3 is 0 Å². The van der Waals surface area contributed by atoms with E-state index >= 15 is 0 Å². The van der Waals surface area contributed by atoms with E-state index in [0.29, 0.717) is 0 Å². The molecule has 0 aliphatic carbocycles. The lowest BCUT2D eigenvalue weighted by Gasteiger charge is -2.07. The van der Waals surface area contributed by atoms with Crippen molar-refractivity contribution in [2.75, 3.05) is 0 Å². The molecule has 0 unspecified atom stereocenters. The number of aromatic nitrogens is 3. The second-order valence-corrected chi connectivity index (χ2v) is 6.62. The lowest BCUT2D eigenvalue weighted by atomic mass is 10.0. The molecule has 3 aromatic heterocycles. The van der Waals surface area contributed by atoms with Gasteiger partial charge in [-0.2, -0.15) is 0 Å². The Morgan fingerprint density at radius 3 is 1.17 bits per heavy atom. The molecule has 144 valence electrons. The average molecular weight is 387 g/mol. The van der Waals surface area contributed by atoms with Gasteiger partial charge in [0.15, 0.2) is 0 Å². The quantitative estimate of drug-likeness (QED) is 0.352. The minimum atomic E-state index is 0.883. The molecule has 0 fully saturated rings. The summed E-state index contributed by atoms with van der Waals surface area (Å²) in [5.74, 6) is 0. The number of benzene rings is 2. The topological polar surface area (TPSA) is 38.7 Å². The van der Waals surface area contributed by atoms with E-state index < -0.39 is 0 Å². The molecule has 0 aliphatic rings. The molecule has 30 heavy (non-hydrogen) atoms. The van der Waals surface area contributed by atoms with Crippen LogP contribution in [0.5, 0.6) is 0 Å². The van der Waals surface area contributed by atoms with E-state index in [0.717, 1.165) is 22.5 Å². The highest BCUT2D eigenvalue weighted by Crippen LogP contribution is 2.26. The van der Waals surface area contributed by atoms with Crippen molar-refractivity contribution in [2.45, 2.75) is 0 Å². The van der Waals surface area contributed by atoms with E-state index in [-0.39, 0.29) is 0 Å². The van der Waals surface area contributed by atoms with Gasteiger partial charge in [0.1, 0.15) is 0 Å². The summed E-state index contributed by atoms with van der Waals surface area (Å²) in [5, 5.41) is 0. The third kappa shape index (κ3) is 5.03. The molecule has 3 nitrogen and oxygen atoms in total. The Balaban J connectivity index is 0.000000313. The number of pyridine rings is 3. The van der Waals surface area contributed by atoms with Crippen molar-refractivity contribution >= 4 is 0 Å². The predicted molar refractivity (Wildman–Crippen MR) is 123 cm³/mol. The van der Waals surface area contributed by atoms with Crippen LogP contribution in [0.3, 0.4) is 0 Å². The van der Waals surface area contributed by atoms with Gasteiger partial charge in [0.2, 0.25) is 0 Å². The van der Waals surface area contributed by atoms with E-state index in [4.69, 9.17) is 0 Å². The van der Waals surface area contributed by atoms with Crippen LogP contribution in [0.15, 0.2) is 128 Å². The zero-order chi connectivity index (χ0) is 20.4. The summed E-state index contributed by atoms with van der Waals surface area (Å²) in [7, 11) is 0. The van der Waals surface area contributed by atoms with Gasteiger partial charge in [-0.25, -0.2) is 0 Å². The van der Waals surface area contributed by atoms with Gasteiger partial charge >= 0.3 is 0 Å². The lowest BCUT2D eigenvalue weighted by molar-refractivity contribution is 1.25. The molecule has 0 amide bonds. The molecule has 5 aromatic rings. The molecule has 5 rings (SSSR count). The van der Waals surface area contributed by atoms with Gasteiger partial charge in [-0.15, -0.1) is 0 Å². The van der Waals surface area contributed by atoms with Gasteiger partial charge in [-0.05, 0) is 58.7 Å². The summed E-state index contributed by atoms with van der Waals surface area (Å²) in [6.45, 7) is 0. The molecular formula is C27H21N3. The highest BCUT2D eigenvalue weighted by Gasteiger charge is 2.06.